The van der Waals surface area contributed by atoms with Crippen molar-refractivity contribution in [2.45, 2.75) is 13.0 Å². The van der Waals surface area contributed by atoms with Crippen molar-refractivity contribution in [2.75, 3.05) is 10.6 Å². The van der Waals surface area contributed by atoms with E-state index in [0.29, 0.717) is 22.7 Å². The Morgan fingerprint density at radius 3 is 2.92 bits per heavy atom. The largest absolute Gasteiger partial charge is 0.479 e. The number of halogens is 1. The van der Waals surface area contributed by atoms with Crippen LogP contribution in [0.2, 0.25) is 0 Å². The van der Waals surface area contributed by atoms with Crippen molar-refractivity contribution in [3.63, 3.8) is 0 Å². The lowest BCUT2D eigenvalue weighted by atomic mass is 10.2. The summed E-state index contributed by atoms with van der Waals surface area (Å²) in [6.45, 7) is 1.66. The molecule has 0 saturated heterocycles. The molecule has 0 aromatic heterocycles. The number of ether oxygens (including phenoxy) is 1. The van der Waals surface area contributed by atoms with Gasteiger partial charge in [0.1, 0.15) is 11.6 Å². The monoisotopic (exact) mass is 326 g/mol. The number of carbonyl (C=O) groups is 2. The fourth-order valence-electron chi connectivity index (χ4n) is 2.25. The summed E-state index contributed by atoms with van der Waals surface area (Å²) >= 11 is 0. The van der Waals surface area contributed by atoms with Crippen LogP contribution in [-0.4, -0.2) is 17.9 Å². The molecule has 1 heterocycles. The van der Waals surface area contributed by atoms with Gasteiger partial charge in [0, 0.05) is 11.8 Å². The molecule has 2 N–H and O–H groups in total. The number of hydrogen-bond donors (Lipinski definition) is 2. The van der Waals surface area contributed by atoms with E-state index in [4.69, 9.17) is 4.74 Å². The van der Waals surface area contributed by atoms with Gasteiger partial charge in [-0.2, -0.15) is 0 Å². The third kappa shape index (κ3) is 3.60. The molecule has 1 aliphatic rings. The van der Waals surface area contributed by atoms with Crippen LogP contribution in [0.25, 0.3) is 6.08 Å². The Hall–Kier alpha value is -3.15. The van der Waals surface area contributed by atoms with E-state index in [1.807, 2.05) is 0 Å². The molecule has 0 fully saturated rings. The topological polar surface area (TPSA) is 67.4 Å². The fourth-order valence-corrected chi connectivity index (χ4v) is 2.25. The highest BCUT2D eigenvalue weighted by atomic mass is 19.1. The number of carbonyl (C=O) groups excluding carboxylic acids is 2. The summed E-state index contributed by atoms with van der Waals surface area (Å²) in [5.74, 6) is -0.416. The summed E-state index contributed by atoms with van der Waals surface area (Å²) in [6, 6.07) is 10.9. The SMILES string of the molecule is C[C@H]1Oc2ccc(NC(=O)/C=C/c3cccc(F)c3)cc2NC1=O. The Labute approximate surface area is 138 Å². The summed E-state index contributed by atoms with van der Waals surface area (Å²) in [7, 11) is 0. The van der Waals surface area contributed by atoms with Gasteiger partial charge in [-0.3, -0.25) is 9.59 Å². The quantitative estimate of drug-likeness (QED) is 0.851. The molecule has 6 heteroatoms. The van der Waals surface area contributed by atoms with Crippen LogP contribution in [0, 0.1) is 5.82 Å². The van der Waals surface area contributed by atoms with Crippen LogP contribution in [-0.2, 0) is 9.59 Å². The zero-order valence-corrected chi connectivity index (χ0v) is 12.9. The number of hydrogen-bond acceptors (Lipinski definition) is 3. The Kier molecular flexibility index (Phi) is 4.29. The minimum atomic E-state index is -0.549. The second-order valence-electron chi connectivity index (χ2n) is 5.34. The van der Waals surface area contributed by atoms with Crippen molar-refractivity contribution in [1.82, 2.24) is 0 Å². The molecular formula is C18H15FN2O3. The predicted octanol–water partition coefficient (Wildman–Crippen LogP) is 3.20. The summed E-state index contributed by atoms with van der Waals surface area (Å²) in [5.41, 5.74) is 1.61. The number of benzene rings is 2. The van der Waals surface area contributed by atoms with Crippen LogP contribution in [0.1, 0.15) is 12.5 Å². The first kappa shape index (κ1) is 15.7. The summed E-state index contributed by atoms with van der Waals surface area (Å²) in [5, 5.41) is 5.39. The maximum atomic E-state index is 13.1. The van der Waals surface area contributed by atoms with Gasteiger partial charge in [-0.05, 0) is 48.9 Å². The van der Waals surface area contributed by atoms with Gasteiger partial charge in [0.2, 0.25) is 5.91 Å². The molecule has 1 atom stereocenters. The molecule has 2 amide bonds. The van der Waals surface area contributed by atoms with Gasteiger partial charge in [0.25, 0.3) is 5.91 Å². The molecule has 24 heavy (non-hydrogen) atoms. The molecule has 0 aliphatic carbocycles. The molecule has 0 saturated carbocycles. The summed E-state index contributed by atoms with van der Waals surface area (Å²) in [4.78, 5) is 23.6. The number of rotatable bonds is 3. The normalized spacial score (nSPS) is 16.2. The molecule has 2 aromatic carbocycles. The molecule has 5 nitrogen and oxygen atoms in total. The van der Waals surface area contributed by atoms with E-state index in [9.17, 15) is 14.0 Å². The zero-order valence-electron chi connectivity index (χ0n) is 12.9. The highest BCUT2D eigenvalue weighted by molar-refractivity contribution is 6.03. The third-order valence-electron chi connectivity index (χ3n) is 3.45. The lowest BCUT2D eigenvalue weighted by Gasteiger charge is -2.23. The van der Waals surface area contributed by atoms with Gasteiger partial charge in [-0.25, -0.2) is 4.39 Å². The lowest BCUT2D eigenvalue weighted by Crippen LogP contribution is -2.34. The van der Waals surface area contributed by atoms with Crippen molar-refractivity contribution in [3.8, 4) is 5.75 Å². The Morgan fingerprint density at radius 1 is 1.29 bits per heavy atom. The van der Waals surface area contributed by atoms with Gasteiger partial charge in [0.05, 0.1) is 5.69 Å². The standard InChI is InChI=1S/C18H15FN2O3/c1-11-18(23)21-15-10-14(6-7-16(15)24-11)20-17(22)8-5-12-3-2-4-13(19)9-12/h2-11H,1H3,(H,20,22)(H,21,23)/b8-5+/t11-/m1/s1. The van der Waals surface area contributed by atoms with E-state index < -0.39 is 6.10 Å². The molecule has 2 aromatic rings. The van der Waals surface area contributed by atoms with Gasteiger partial charge < -0.3 is 15.4 Å². The first-order valence-electron chi connectivity index (χ1n) is 7.37. The predicted molar refractivity (Wildman–Crippen MR) is 89.2 cm³/mol. The lowest BCUT2D eigenvalue weighted by molar-refractivity contribution is -0.122. The van der Waals surface area contributed by atoms with Gasteiger partial charge in [-0.1, -0.05) is 12.1 Å². The smallest absolute Gasteiger partial charge is 0.265 e. The second-order valence-corrected chi connectivity index (χ2v) is 5.34. The van der Waals surface area contributed by atoms with E-state index in [1.165, 1.54) is 24.3 Å². The molecule has 0 unspecified atom stereocenters. The minimum Gasteiger partial charge on any atom is -0.479 e. The van der Waals surface area contributed by atoms with E-state index >= 15 is 0 Å². The molecule has 1 aliphatic heterocycles. The number of anilines is 2. The van der Waals surface area contributed by atoms with E-state index in [1.54, 1.807) is 37.3 Å². The van der Waals surface area contributed by atoms with Gasteiger partial charge in [-0.15, -0.1) is 0 Å². The first-order valence-corrected chi connectivity index (χ1v) is 7.37. The van der Waals surface area contributed by atoms with Crippen LogP contribution in [0.5, 0.6) is 5.75 Å². The molecular weight excluding hydrogens is 311 g/mol. The second kappa shape index (κ2) is 6.54. The zero-order chi connectivity index (χ0) is 17.1. The van der Waals surface area contributed by atoms with Gasteiger partial charge >= 0.3 is 0 Å². The van der Waals surface area contributed by atoms with Crippen molar-refractivity contribution in [2.24, 2.45) is 0 Å². The highest BCUT2D eigenvalue weighted by Gasteiger charge is 2.23. The molecule has 122 valence electrons. The molecule has 0 spiro atoms. The number of fused-ring (bicyclic) bond motifs is 1. The minimum absolute atomic E-state index is 0.239. The first-order chi connectivity index (χ1) is 11.5. The van der Waals surface area contributed by atoms with E-state index in [2.05, 4.69) is 10.6 Å². The number of nitrogens with one attached hydrogen (secondary N) is 2. The van der Waals surface area contributed by atoms with Crippen LogP contribution < -0.4 is 15.4 Å². The van der Waals surface area contributed by atoms with Crippen molar-refractivity contribution in [3.05, 3.63) is 59.9 Å². The van der Waals surface area contributed by atoms with Crippen LogP contribution >= 0.6 is 0 Å². The maximum absolute atomic E-state index is 13.1. The highest BCUT2D eigenvalue weighted by Crippen LogP contribution is 2.32. The average Bonchev–Trinajstić information content (AvgIpc) is 2.54. The van der Waals surface area contributed by atoms with Crippen LogP contribution in [0.4, 0.5) is 15.8 Å². The maximum Gasteiger partial charge on any atom is 0.265 e. The summed E-state index contributed by atoms with van der Waals surface area (Å²) < 4.78 is 18.5. The van der Waals surface area contributed by atoms with Gasteiger partial charge in [0.15, 0.2) is 6.10 Å². The van der Waals surface area contributed by atoms with Crippen molar-refractivity contribution >= 4 is 29.3 Å². The third-order valence-corrected chi connectivity index (χ3v) is 3.45. The molecule has 3 rings (SSSR count). The fraction of sp³-hybridized carbons (Fsp3) is 0.111. The Morgan fingerprint density at radius 2 is 2.12 bits per heavy atom. The van der Waals surface area contributed by atoms with E-state index in [0.717, 1.165) is 0 Å². The Balaban J connectivity index is 1.69. The summed E-state index contributed by atoms with van der Waals surface area (Å²) in [6.07, 6.45) is 2.28. The van der Waals surface area contributed by atoms with Crippen LogP contribution in [0.3, 0.4) is 0 Å². The molecule has 0 bridgehead atoms. The average molecular weight is 326 g/mol. The molecule has 0 radical (unpaired) electrons. The van der Waals surface area contributed by atoms with Crippen molar-refractivity contribution in [1.29, 1.82) is 0 Å². The van der Waals surface area contributed by atoms with Crippen LogP contribution in [0.15, 0.2) is 48.5 Å². The number of amides is 2. The van der Waals surface area contributed by atoms with E-state index in [-0.39, 0.29) is 17.6 Å². The van der Waals surface area contributed by atoms with Crippen molar-refractivity contribution < 1.29 is 18.7 Å². The Bertz CT molecular complexity index is 833.